The minimum absolute atomic E-state index is 0.311. The third-order valence-corrected chi connectivity index (χ3v) is 4.02. The van der Waals surface area contributed by atoms with Crippen LogP contribution in [0.1, 0.15) is 18.4 Å². The topological polar surface area (TPSA) is 34.1 Å². The fraction of sp³-hybridized carbons (Fsp3) is 0.267. The van der Waals surface area contributed by atoms with Crippen LogP contribution in [0.25, 0.3) is 0 Å². The van der Waals surface area contributed by atoms with Crippen molar-refractivity contribution in [1.29, 1.82) is 0 Å². The molecule has 0 amide bonds. The van der Waals surface area contributed by atoms with Crippen molar-refractivity contribution in [2.45, 2.75) is 25.4 Å². The molecule has 0 aliphatic heterocycles. The predicted molar refractivity (Wildman–Crippen MR) is 83.3 cm³/mol. The minimum Gasteiger partial charge on any atom is -0.437 e. The number of hydrogen-bond donors (Lipinski definition) is 1. The summed E-state index contributed by atoms with van der Waals surface area (Å²) in [4.78, 5) is 4.22. The SMILES string of the molecule is Fc1ccc(Oc2ncc(CNC3CC3)cc2Cl)cc1Br. The maximum absolute atomic E-state index is 13.2. The number of nitrogens with zero attached hydrogens (tertiary/aromatic N) is 1. The molecule has 0 radical (unpaired) electrons. The molecule has 1 aliphatic carbocycles. The van der Waals surface area contributed by atoms with E-state index in [1.165, 1.54) is 31.0 Å². The monoisotopic (exact) mass is 370 g/mol. The molecule has 0 atom stereocenters. The third kappa shape index (κ3) is 3.93. The van der Waals surface area contributed by atoms with E-state index in [0.29, 0.717) is 27.2 Å². The summed E-state index contributed by atoms with van der Waals surface area (Å²) in [6, 6.07) is 6.85. The van der Waals surface area contributed by atoms with Crippen molar-refractivity contribution in [3.8, 4) is 11.6 Å². The minimum atomic E-state index is -0.345. The molecule has 3 rings (SSSR count). The first-order valence-corrected chi connectivity index (χ1v) is 7.79. The molecule has 1 saturated carbocycles. The van der Waals surface area contributed by atoms with Crippen LogP contribution < -0.4 is 10.1 Å². The van der Waals surface area contributed by atoms with Gasteiger partial charge in [0, 0.05) is 18.8 Å². The van der Waals surface area contributed by atoms with Crippen molar-refractivity contribution in [2.75, 3.05) is 0 Å². The van der Waals surface area contributed by atoms with Gasteiger partial charge in [0.25, 0.3) is 0 Å². The molecular formula is C15H13BrClFN2O. The average molecular weight is 372 g/mol. The average Bonchev–Trinajstić information content (AvgIpc) is 3.27. The lowest BCUT2D eigenvalue weighted by Gasteiger charge is -2.09. The Hall–Kier alpha value is -1.17. The molecule has 110 valence electrons. The fourth-order valence-corrected chi connectivity index (χ4v) is 2.42. The van der Waals surface area contributed by atoms with Gasteiger partial charge in [-0.3, -0.25) is 0 Å². The molecule has 1 aromatic heterocycles. The van der Waals surface area contributed by atoms with Crippen LogP contribution in [0.4, 0.5) is 4.39 Å². The Morgan fingerprint density at radius 2 is 2.19 bits per heavy atom. The van der Waals surface area contributed by atoms with Crippen LogP contribution in [0.5, 0.6) is 11.6 Å². The van der Waals surface area contributed by atoms with Gasteiger partial charge in [-0.25, -0.2) is 9.37 Å². The van der Waals surface area contributed by atoms with Gasteiger partial charge in [0.15, 0.2) is 0 Å². The Morgan fingerprint density at radius 1 is 1.38 bits per heavy atom. The standard InChI is InChI=1S/C15H13BrClFN2O/c16-12-6-11(3-4-14(12)18)21-15-13(17)5-9(8-20-15)7-19-10-1-2-10/h3-6,8,10,19H,1-2,7H2. The maximum atomic E-state index is 13.2. The lowest BCUT2D eigenvalue weighted by Crippen LogP contribution is -2.15. The quantitative estimate of drug-likeness (QED) is 0.828. The van der Waals surface area contributed by atoms with E-state index in [-0.39, 0.29) is 5.82 Å². The van der Waals surface area contributed by atoms with Gasteiger partial charge in [-0.1, -0.05) is 11.6 Å². The summed E-state index contributed by atoms with van der Waals surface area (Å²) in [7, 11) is 0. The summed E-state index contributed by atoms with van der Waals surface area (Å²) in [5.74, 6) is 0.440. The Bertz CT molecular complexity index is 664. The lowest BCUT2D eigenvalue weighted by molar-refractivity contribution is 0.460. The zero-order chi connectivity index (χ0) is 14.8. The molecule has 0 unspecified atom stereocenters. The van der Waals surface area contributed by atoms with Crippen molar-refractivity contribution in [1.82, 2.24) is 10.3 Å². The summed E-state index contributed by atoms with van der Waals surface area (Å²) in [6.07, 6.45) is 4.21. The first kappa shape index (κ1) is 14.8. The number of hydrogen-bond acceptors (Lipinski definition) is 3. The van der Waals surface area contributed by atoms with Crippen LogP contribution >= 0.6 is 27.5 Å². The molecule has 1 N–H and O–H groups in total. The second-order valence-corrected chi connectivity index (χ2v) is 6.23. The van der Waals surface area contributed by atoms with Gasteiger partial charge in [0.2, 0.25) is 5.88 Å². The van der Waals surface area contributed by atoms with Gasteiger partial charge in [0.05, 0.1) is 4.47 Å². The number of ether oxygens (including phenoxy) is 1. The molecule has 1 heterocycles. The number of aromatic nitrogens is 1. The predicted octanol–water partition coefficient (Wildman–Crippen LogP) is 4.68. The van der Waals surface area contributed by atoms with Crippen LogP contribution in [0.3, 0.4) is 0 Å². The molecule has 1 aromatic carbocycles. The van der Waals surface area contributed by atoms with Crippen molar-refractivity contribution in [3.05, 3.63) is 51.3 Å². The van der Waals surface area contributed by atoms with Crippen LogP contribution in [-0.2, 0) is 6.54 Å². The van der Waals surface area contributed by atoms with E-state index in [0.717, 1.165) is 12.1 Å². The Labute approximate surface area is 135 Å². The van der Waals surface area contributed by atoms with Crippen molar-refractivity contribution in [2.24, 2.45) is 0 Å². The van der Waals surface area contributed by atoms with E-state index in [1.54, 1.807) is 6.20 Å². The highest BCUT2D eigenvalue weighted by Gasteiger charge is 2.20. The smallest absolute Gasteiger partial charge is 0.238 e. The van der Waals surface area contributed by atoms with Gasteiger partial charge in [-0.05, 0) is 58.6 Å². The number of rotatable bonds is 5. The summed E-state index contributed by atoms with van der Waals surface area (Å²) in [5.41, 5.74) is 1.01. The summed E-state index contributed by atoms with van der Waals surface area (Å²) in [6.45, 7) is 0.750. The largest absolute Gasteiger partial charge is 0.437 e. The molecule has 2 aromatic rings. The van der Waals surface area contributed by atoms with E-state index in [4.69, 9.17) is 16.3 Å². The Morgan fingerprint density at radius 3 is 2.86 bits per heavy atom. The Kier molecular flexibility index (Phi) is 4.42. The molecule has 1 fully saturated rings. The van der Waals surface area contributed by atoms with Crippen molar-refractivity contribution >= 4 is 27.5 Å². The molecule has 21 heavy (non-hydrogen) atoms. The first-order valence-electron chi connectivity index (χ1n) is 6.62. The van der Waals surface area contributed by atoms with Gasteiger partial charge >= 0.3 is 0 Å². The molecule has 1 aliphatic rings. The molecule has 3 nitrogen and oxygen atoms in total. The highest BCUT2D eigenvalue weighted by atomic mass is 79.9. The molecule has 0 spiro atoms. The number of benzene rings is 1. The maximum Gasteiger partial charge on any atom is 0.238 e. The zero-order valence-electron chi connectivity index (χ0n) is 11.1. The molecule has 0 saturated heterocycles. The van der Waals surface area contributed by atoms with E-state index in [2.05, 4.69) is 26.2 Å². The van der Waals surface area contributed by atoms with E-state index < -0.39 is 0 Å². The van der Waals surface area contributed by atoms with Gasteiger partial charge in [-0.2, -0.15) is 0 Å². The third-order valence-electron chi connectivity index (χ3n) is 3.14. The number of nitrogens with one attached hydrogen (secondary N) is 1. The summed E-state index contributed by atoms with van der Waals surface area (Å²) >= 11 is 9.29. The number of pyridine rings is 1. The van der Waals surface area contributed by atoms with Gasteiger partial charge in [0.1, 0.15) is 16.6 Å². The second-order valence-electron chi connectivity index (χ2n) is 4.96. The Balaban J connectivity index is 1.70. The first-order chi connectivity index (χ1) is 10.1. The van der Waals surface area contributed by atoms with Crippen molar-refractivity contribution < 1.29 is 9.13 Å². The highest BCUT2D eigenvalue weighted by Crippen LogP contribution is 2.30. The van der Waals surface area contributed by atoms with Crippen LogP contribution in [0.15, 0.2) is 34.9 Å². The van der Waals surface area contributed by atoms with Crippen LogP contribution in [-0.4, -0.2) is 11.0 Å². The van der Waals surface area contributed by atoms with Gasteiger partial charge < -0.3 is 10.1 Å². The fourth-order valence-electron chi connectivity index (χ4n) is 1.84. The van der Waals surface area contributed by atoms with E-state index in [9.17, 15) is 4.39 Å². The van der Waals surface area contributed by atoms with Crippen LogP contribution in [0, 0.1) is 5.82 Å². The van der Waals surface area contributed by atoms with E-state index in [1.807, 2.05) is 6.07 Å². The zero-order valence-corrected chi connectivity index (χ0v) is 13.4. The molecular weight excluding hydrogens is 359 g/mol. The second kappa shape index (κ2) is 6.30. The van der Waals surface area contributed by atoms with Crippen LogP contribution in [0.2, 0.25) is 5.02 Å². The lowest BCUT2D eigenvalue weighted by atomic mass is 10.3. The molecule has 0 bridgehead atoms. The highest BCUT2D eigenvalue weighted by molar-refractivity contribution is 9.10. The van der Waals surface area contributed by atoms with Crippen molar-refractivity contribution in [3.63, 3.8) is 0 Å². The molecule has 6 heteroatoms. The normalized spacial score (nSPS) is 14.2. The summed E-state index contributed by atoms with van der Waals surface area (Å²) < 4.78 is 19.1. The van der Waals surface area contributed by atoms with E-state index >= 15 is 0 Å². The number of halogens is 3. The van der Waals surface area contributed by atoms with Gasteiger partial charge in [-0.15, -0.1) is 0 Å². The summed E-state index contributed by atoms with van der Waals surface area (Å²) in [5, 5.41) is 3.83.